The molecule has 2 aromatic carbocycles. The first-order valence-corrected chi connectivity index (χ1v) is 7.58. The van der Waals surface area contributed by atoms with Crippen molar-refractivity contribution in [2.45, 2.75) is 38.9 Å². The average molecular weight is 264 g/mol. The zero-order chi connectivity index (χ0) is 13.9. The summed E-state index contributed by atoms with van der Waals surface area (Å²) in [7, 11) is 0. The monoisotopic (exact) mass is 264 g/mol. The summed E-state index contributed by atoms with van der Waals surface area (Å²) < 4.78 is 0. The van der Waals surface area contributed by atoms with Crippen LogP contribution in [0.5, 0.6) is 0 Å². The quantitative estimate of drug-likeness (QED) is 0.845. The molecule has 0 unspecified atom stereocenters. The van der Waals surface area contributed by atoms with Crippen molar-refractivity contribution < 1.29 is 5.02 Å². The van der Waals surface area contributed by atoms with Gasteiger partial charge in [0, 0.05) is 0 Å². The number of rotatable bonds is 3. The molecule has 3 rings (SSSR count). The Balaban J connectivity index is 1.75. The lowest BCUT2D eigenvalue weighted by Crippen LogP contribution is -2.36. The summed E-state index contributed by atoms with van der Waals surface area (Å²) in [5, 5.41) is 10.1. The Hall–Kier alpha value is -1.54. The normalized spacial score (nSPS) is 14.2. The first-order valence-electron chi connectivity index (χ1n) is 7.58. The molecule has 1 aliphatic rings. The van der Waals surface area contributed by atoms with Crippen molar-refractivity contribution in [1.82, 2.24) is 0 Å². The topological polar surface area (TPSA) is 20.2 Å². The van der Waals surface area contributed by atoms with Crippen molar-refractivity contribution in [3.05, 3.63) is 64.7 Å². The lowest BCUT2D eigenvalue weighted by atomic mass is 9.53. The molecule has 102 valence electrons. The molecule has 2 heteroatoms. The third-order valence-corrected chi connectivity index (χ3v) is 4.44. The van der Waals surface area contributed by atoms with Gasteiger partial charge >= 0.3 is 6.92 Å². The predicted molar refractivity (Wildman–Crippen MR) is 85.8 cm³/mol. The minimum Gasteiger partial charge on any atom is -0.446 e. The van der Waals surface area contributed by atoms with E-state index in [1.807, 2.05) is 0 Å². The second-order valence-corrected chi connectivity index (χ2v) is 5.87. The van der Waals surface area contributed by atoms with Crippen molar-refractivity contribution >= 4 is 12.4 Å². The molecule has 20 heavy (non-hydrogen) atoms. The highest BCUT2D eigenvalue weighted by atomic mass is 16.2. The summed E-state index contributed by atoms with van der Waals surface area (Å²) in [6, 6.07) is 15.2. The maximum absolute atomic E-state index is 10.1. The molecule has 0 aliphatic carbocycles. The molecule has 2 aromatic rings. The van der Waals surface area contributed by atoms with Crippen molar-refractivity contribution in [1.29, 1.82) is 0 Å². The minimum absolute atomic E-state index is 0.253. The van der Waals surface area contributed by atoms with Crippen LogP contribution in [0.25, 0.3) is 0 Å². The third-order valence-electron chi connectivity index (χ3n) is 4.44. The van der Waals surface area contributed by atoms with Gasteiger partial charge in [-0.3, -0.25) is 0 Å². The van der Waals surface area contributed by atoms with E-state index in [2.05, 4.69) is 49.4 Å². The van der Waals surface area contributed by atoms with Crippen molar-refractivity contribution in [3.63, 3.8) is 0 Å². The summed E-state index contributed by atoms with van der Waals surface area (Å²) in [5.41, 5.74) is 6.63. The first-order chi connectivity index (χ1) is 9.74. The number of fused-ring (bicyclic) bond motifs is 1. The van der Waals surface area contributed by atoms with E-state index in [0.29, 0.717) is 0 Å². The van der Waals surface area contributed by atoms with E-state index in [4.69, 9.17) is 0 Å². The Labute approximate surface area is 121 Å². The molecule has 0 amide bonds. The van der Waals surface area contributed by atoms with Crippen LogP contribution in [-0.4, -0.2) is 11.9 Å². The molecule has 0 radical (unpaired) electrons. The van der Waals surface area contributed by atoms with Crippen LogP contribution in [0.2, 0.25) is 6.32 Å². The van der Waals surface area contributed by atoms with Crippen molar-refractivity contribution in [3.8, 4) is 0 Å². The second kappa shape index (κ2) is 5.84. The predicted octanol–water partition coefficient (Wildman–Crippen LogP) is 2.92. The minimum atomic E-state index is -0.253. The Kier molecular flexibility index (Phi) is 3.93. The van der Waals surface area contributed by atoms with Crippen molar-refractivity contribution in [2.75, 3.05) is 0 Å². The maximum atomic E-state index is 10.1. The van der Waals surface area contributed by atoms with Gasteiger partial charge in [0.25, 0.3) is 0 Å². The molecule has 1 N–H and O–H groups in total. The van der Waals surface area contributed by atoms with E-state index in [9.17, 15) is 5.02 Å². The lowest BCUT2D eigenvalue weighted by Gasteiger charge is -2.19. The molecule has 0 spiro atoms. The van der Waals surface area contributed by atoms with Crippen LogP contribution in [0.1, 0.15) is 28.7 Å². The third kappa shape index (κ3) is 2.81. The van der Waals surface area contributed by atoms with Gasteiger partial charge in [-0.05, 0) is 54.7 Å². The molecule has 0 bridgehead atoms. The van der Waals surface area contributed by atoms with Gasteiger partial charge in [-0.1, -0.05) is 54.4 Å². The van der Waals surface area contributed by atoms with Crippen LogP contribution in [-0.2, 0) is 19.3 Å². The second-order valence-electron chi connectivity index (χ2n) is 5.87. The average Bonchev–Trinajstić information content (AvgIpc) is 2.47. The van der Waals surface area contributed by atoms with E-state index < -0.39 is 0 Å². The summed E-state index contributed by atoms with van der Waals surface area (Å²) >= 11 is 0. The standard InChI is InChI=1S/C18H21BO/c1-14-5-2-3-6-16(14)10-8-15-9-11-17-7-4-12-19(20)18(17)13-15/h2-3,5-6,9,11,13,20H,4,7-8,10,12H2,1H3. The molecule has 1 aliphatic heterocycles. The zero-order valence-electron chi connectivity index (χ0n) is 12.1. The largest absolute Gasteiger partial charge is 0.446 e. The molecule has 0 saturated heterocycles. The number of aryl methyl sites for hydroxylation is 4. The van der Waals surface area contributed by atoms with Crippen LogP contribution >= 0.6 is 0 Å². The van der Waals surface area contributed by atoms with Crippen molar-refractivity contribution in [2.24, 2.45) is 0 Å². The van der Waals surface area contributed by atoms with Gasteiger partial charge in [-0.15, -0.1) is 0 Å². The van der Waals surface area contributed by atoms with E-state index in [1.54, 1.807) is 0 Å². The number of hydrogen-bond acceptors (Lipinski definition) is 1. The number of hydrogen-bond donors (Lipinski definition) is 1. The molecule has 0 atom stereocenters. The highest BCUT2D eigenvalue weighted by Crippen LogP contribution is 2.16. The Bertz CT molecular complexity index is 606. The Morgan fingerprint density at radius 2 is 1.95 bits per heavy atom. The molecule has 0 saturated carbocycles. The van der Waals surface area contributed by atoms with Gasteiger partial charge in [0.1, 0.15) is 0 Å². The van der Waals surface area contributed by atoms with E-state index in [0.717, 1.165) is 32.0 Å². The van der Waals surface area contributed by atoms with E-state index >= 15 is 0 Å². The van der Waals surface area contributed by atoms with E-state index in [1.165, 1.54) is 27.7 Å². The Morgan fingerprint density at radius 3 is 2.80 bits per heavy atom. The van der Waals surface area contributed by atoms with Gasteiger partial charge in [0.15, 0.2) is 0 Å². The molecule has 0 aromatic heterocycles. The van der Waals surface area contributed by atoms with Gasteiger partial charge < -0.3 is 5.02 Å². The van der Waals surface area contributed by atoms with Crippen LogP contribution < -0.4 is 5.46 Å². The summed E-state index contributed by atoms with van der Waals surface area (Å²) in [4.78, 5) is 0. The zero-order valence-corrected chi connectivity index (χ0v) is 12.1. The molecular formula is C18H21BO. The fraction of sp³-hybridized carbons (Fsp3) is 0.333. The molecule has 1 nitrogen and oxygen atoms in total. The van der Waals surface area contributed by atoms with Crippen LogP contribution in [0.3, 0.4) is 0 Å². The highest BCUT2D eigenvalue weighted by Gasteiger charge is 2.22. The molecule has 1 heterocycles. The van der Waals surface area contributed by atoms with Gasteiger partial charge in [-0.25, -0.2) is 0 Å². The fourth-order valence-electron chi connectivity index (χ4n) is 3.15. The van der Waals surface area contributed by atoms with Crippen LogP contribution in [0.4, 0.5) is 0 Å². The van der Waals surface area contributed by atoms with E-state index in [-0.39, 0.29) is 6.92 Å². The maximum Gasteiger partial charge on any atom is 0.323 e. The van der Waals surface area contributed by atoms with Gasteiger partial charge in [-0.2, -0.15) is 0 Å². The van der Waals surface area contributed by atoms with Gasteiger partial charge in [0.05, 0.1) is 0 Å². The van der Waals surface area contributed by atoms with Crippen LogP contribution in [0.15, 0.2) is 42.5 Å². The first kappa shape index (κ1) is 13.4. The van der Waals surface area contributed by atoms with Crippen LogP contribution in [0, 0.1) is 6.92 Å². The smallest absolute Gasteiger partial charge is 0.323 e. The summed E-state index contributed by atoms with van der Waals surface area (Å²) in [6.07, 6.45) is 5.25. The highest BCUT2D eigenvalue weighted by molar-refractivity contribution is 6.67. The summed E-state index contributed by atoms with van der Waals surface area (Å²) in [6.45, 7) is 1.92. The number of benzene rings is 2. The fourth-order valence-corrected chi connectivity index (χ4v) is 3.15. The SMILES string of the molecule is Cc1ccccc1CCc1ccc2c(c1)B(O)CCC2. The molecular weight excluding hydrogens is 243 g/mol. The summed E-state index contributed by atoms with van der Waals surface area (Å²) in [5.74, 6) is 0. The Morgan fingerprint density at radius 1 is 1.10 bits per heavy atom. The molecule has 0 fully saturated rings. The van der Waals surface area contributed by atoms with Gasteiger partial charge in [0.2, 0.25) is 0 Å². The lowest BCUT2D eigenvalue weighted by molar-refractivity contribution is 0.574.